The number of ether oxygens (including phenoxy) is 1. The molecule has 1 amide bonds. The maximum Gasteiger partial charge on any atom is 0.308 e. The highest BCUT2D eigenvalue weighted by Gasteiger charge is 2.04. The van der Waals surface area contributed by atoms with Crippen LogP contribution in [0, 0.1) is 0 Å². The summed E-state index contributed by atoms with van der Waals surface area (Å²) in [6.07, 6.45) is 1.60. The molecule has 1 N–H and O–H groups in total. The first kappa shape index (κ1) is 17.6. The van der Waals surface area contributed by atoms with Crippen LogP contribution in [0.3, 0.4) is 0 Å². The van der Waals surface area contributed by atoms with Crippen LogP contribution in [0.15, 0.2) is 71.1 Å². The molecule has 0 radical (unpaired) electrons. The van der Waals surface area contributed by atoms with Crippen LogP contribution >= 0.6 is 11.3 Å². The van der Waals surface area contributed by atoms with Crippen molar-refractivity contribution in [1.29, 1.82) is 0 Å². The molecule has 3 aromatic rings. The van der Waals surface area contributed by atoms with Gasteiger partial charge in [0.25, 0.3) is 5.91 Å². The molecule has 2 aromatic carbocycles. The number of rotatable bonds is 5. The number of hydrogen-bond acceptors (Lipinski definition) is 5. The molecule has 1 aromatic heterocycles. The van der Waals surface area contributed by atoms with E-state index >= 15 is 0 Å². The molecular weight excluding hydrogens is 348 g/mol. The Morgan fingerprint density at radius 3 is 2.23 bits per heavy atom. The highest BCUT2D eigenvalue weighted by molar-refractivity contribution is 7.12. The number of hydrogen-bond donors (Lipinski definition) is 1. The number of amides is 1. The van der Waals surface area contributed by atoms with Gasteiger partial charge in [-0.15, -0.1) is 11.3 Å². The molecule has 1 heterocycles. The SMILES string of the molecule is CC(=O)Oc1ccc(-c2ccc(/C=N\NC(=O)c3cccs3)cc2)cc1. The van der Waals surface area contributed by atoms with Crippen LogP contribution in [-0.2, 0) is 4.79 Å². The summed E-state index contributed by atoms with van der Waals surface area (Å²) < 4.78 is 5.02. The molecule has 3 rings (SSSR count). The topological polar surface area (TPSA) is 67.8 Å². The predicted molar refractivity (Wildman–Crippen MR) is 103 cm³/mol. The molecule has 0 fully saturated rings. The van der Waals surface area contributed by atoms with E-state index in [4.69, 9.17) is 4.74 Å². The first-order chi connectivity index (χ1) is 12.6. The Morgan fingerprint density at radius 1 is 1.00 bits per heavy atom. The molecule has 0 spiro atoms. The van der Waals surface area contributed by atoms with Gasteiger partial charge in [0, 0.05) is 6.92 Å². The summed E-state index contributed by atoms with van der Waals surface area (Å²) in [5.74, 6) is -0.0419. The fourth-order valence-corrected chi connectivity index (χ4v) is 2.88. The van der Waals surface area contributed by atoms with Gasteiger partial charge in [-0.25, -0.2) is 5.43 Å². The van der Waals surface area contributed by atoms with Crippen molar-refractivity contribution in [2.45, 2.75) is 6.92 Å². The van der Waals surface area contributed by atoms with Gasteiger partial charge in [-0.1, -0.05) is 42.5 Å². The zero-order valence-electron chi connectivity index (χ0n) is 14.0. The highest BCUT2D eigenvalue weighted by Crippen LogP contribution is 2.22. The quantitative estimate of drug-likeness (QED) is 0.321. The molecule has 0 aliphatic heterocycles. The molecule has 0 saturated heterocycles. The third kappa shape index (κ3) is 4.64. The van der Waals surface area contributed by atoms with Crippen molar-refractivity contribution < 1.29 is 14.3 Å². The Balaban J connectivity index is 1.62. The van der Waals surface area contributed by atoms with Crippen LogP contribution in [-0.4, -0.2) is 18.1 Å². The van der Waals surface area contributed by atoms with E-state index in [1.54, 1.807) is 24.4 Å². The highest BCUT2D eigenvalue weighted by atomic mass is 32.1. The summed E-state index contributed by atoms with van der Waals surface area (Å²) in [5.41, 5.74) is 5.41. The second-order valence-corrected chi connectivity index (χ2v) is 6.36. The molecule has 0 aliphatic rings. The van der Waals surface area contributed by atoms with Gasteiger partial charge in [-0.05, 0) is 40.3 Å². The minimum absolute atomic E-state index is 0.222. The summed E-state index contributed by atoms with van der Waals surface area (Å²) in [4.78, 5) is 23.3. The van der Waals surface area contributed by atoms with E-state index in [0.29, 0.717) is 10.6 Å². The smallest absolute Gasteiger partial charge is 0.308 e. The van der Waals surface area contributed by atoms with Gasteiger partial charge in [0.2, 0.25) is 0 Å². The molecule has 0 saturated carbocycles. The monoisotopic (exact) mass is 364 g/mol. The lowest BCUT2D eigenvalue weighted by molar-refractivity contribution is -0.131. The lowest BCUT2D eigenvalue weighted by Gasteiger charge is -2.05. The van der Waals surface area contributed by atoms with Crippen molar-refractivity contribution in [2.24, 2.45) is 5.10 Å². The lowest BCUT2D eigenvalue weighted by atomic mass is 10.0. The number of esters is 1. The largest absolute Gasteiger partial charge is 0.427 e. The second kappa shape index (κ2) is 8.22. The molecule has 0 unspecified atom stereocenters. The number of carbonyl (C=O) groups is 2. The van der Waals surface area contributed by atoms with Crippen molar-refractivity contribution in [3.05, 3.63) is 76.5 Å². The molecular formula is C20H16N2O3S. The number of nitrogens with one attached hydrogen (secondary N) is 1. The van der Waals surface area contributed by atoms with Crippen molar-refractivity contribution in [3.63, 3.8) is 0 Å². The van der Waals surface area contributed by atoms with Crippen LogP contribution in [0.1, 0.15) is 22.2 Å². The lowest BCUT2D eigenvalue weighted by Crippen LogP contribution is -2.16. The Labute approximate surface area is 154 Å². The Hall–Kier alpha value is -3.25. The van der Waals surface area contributed by atoms with E-state index in [-0.39, 0.29) is 11.9 Å². The molecule has 5 nitrogen and oxygen atoms in total. The van der Waals surface area contributed by atoms with Gasteiger partial charge >= 0.3 is 5.97 Å². The van der Waals surface area contributed by atoms with Gasteiger partial charge in [0.15, 0.2) is 0 Å². The van der Waals surface area contributed by atoms with E-state index in [9.17, 15) is 9.59 Å². The molecule has 0 aliphatic carbocycles. The Kier molecular flexibility index (Phi) is 5.56. The van der Waals surface area contributed by atoms with E-state index in [0.717, 1.165) is 16.7 Å². The standard InChI is InChI=1S/C20H16N2O3S/c1-14(23)25-18-10-8-17(9-11-18)16-6-4-15(5-7-16)13-21-22-20(24)19-3-2-12-26-19/h2-13H,1H3,(H,22,24)/b21-13-. The van der Waals surface area contributed by atoms with Crippen molar-refractivity contribution in [3.8, 4) is 16.9 Å². The minimum Gasteiger partial charge on any atom is -0.427 e. The van der Waals surface area contributed by atoms with Crippen molar-refractivity contribution >= 4 is 29.4 Å². The van der Waals surface area contributed by atoms with Crippen LogP contribution < -0.4 is 10.2 Å². The fraction of sp³-hybridized carbons (Fsp3) is 0.0500. The van der Waals surface area contributed by atoms with E-state index in [2.05, 4.69) is 10.5 Å². The van der Waals surface area contributed by atoms with Gasteiger partial charge < -0.3 is 4.74 Å². The van der Waals surface area contributed by atoms with Crippen molar-refractivity contribution in [1.82, 2.24) is 5.43 Å². The first-order valence-electron chi connectivity index (χ1n) is 7.87. The number of benzene rings is 2. The summed E-state index contributed by atoms with van der Waals surface area (Å²) in [6, 6.07) is 18.6. The van der Waals surface area contributed by atoms with Gasteiger partial charge in [-0.3, -0.25) is 9.59 Å². The molecule has 26 heavy (non-hydrogen) atoms. The minimum atomic E-state index is -0.340. The van der Waals surface area contributed by atoms with Gasteiger partial charge in [0.1, 0.15) is 5.75 Å². The van der Waals surface area contributed by atoms with Gasteiger partial charge in [0.05, 0.1) is 11.1 Å². The third-order valence-electron chi connectivity index (χ3n) is 3.48. The Morgan fingerprint density at radius 2 is 1.65 bits per heavy atom. The number of thiophene rings is 1. The summed E-state index contributed by atoms with van der Waals surface area (Å²) in [5, 5.41) is 5.82. The normalized spacial score (nSPS) is 10.7. The van der Waals surface area contributed by atoms with E-state index < -0.39 is 0 Å². The van der Waals surface area contributed by atoms with E-state index in [1.165, 1.54) is 18.3 Å². The fourth-order valence-electron chi connectivity index (χ4n) is 2.27. The van der Waals surface area contributed by atoms with Crippen molar-refractivity contribution in [2.75, 3.05) is 0 Å². The first-order valence-corrected chi connectivity index (χ1v) is 8.75. The summed E-state index contributed by atoms with van der Waals surface area (Å²) in [6.45, 7) is 1.37. The number of carbonyl (C=O) groups excluding carboxylic acids is 2. The average molecular weight is 364 g/mol. The van der Waals surface area contributed by atoms with E-state index in [1.807, 2.05) is 47.8 Å². The third-order valence-corrected chi connectivity index (χ3v) is 4.35. The van der Waals surface area contributed by atoms with Crippen LogP contribution in [0.25, 0.3) is 11.1 Å². The predicted octanol–water partition coefficient (Wildman–Crippen LogP) is 4.10. The maximum atomic E-state index is 11.8. The summed E-state index contributed by atoms with van der Waals surface area (Å²) >= 11 is 1.37. The zero-order chi connectivity index (χ0) is 18.4. The van der Waals surface area contributed by atoms with Crippen LogP contribution in [0.5, 0.6) is 5.75 Å². The molecule has 0 bridgehead atoms. The summed E-state index contributed by atoms with van der Waals surface area (Å²) in [7, 11) is 0. The average Bonchev–Trinajstić information content (AvgIpc) is 3.17. The molecule has 130 valence electrons. The van der Waals surface area contributed by atoms with Gasteiger partial charge in [-0.2, -0.15) is 5.10 Å². The molecule has 6 heteroatoms. The second-order valence-electron chi connectivity index (χ2n) is 5.42. The molecule has 0 atom stereocenters. The Bertz CT molecular complexity index is 915. The maximum absolute atomic E-state index is 11.8. The van der Waals surface area contributed by atoms with Crippen LogP contribution in [0.2, 0.25) is 0 Å². The number of hydrazone groups is 1. The zero-order valence-corrected chi connectivity index (χ0v) is 14.8. The number of nitrogens with zero attached hydrogens (tertiary/aromatic N) is 1. The van der Waals surface area contributed by atoms with Crippen LogP contribution in [0.4, 0.5) is 0 Å².